The Balaban J connectivity index is 1.83. The molecular formula is C20H23NO. The van der Waals surface area contributed by atoms with Gasteiger partial charge in [0.1, 0.15) is 5.78 Å². The van der Waals surface area contributed by atoms with E-state index < -0.39 is 0 Å². The van der Waals surface area contributed by atoms with Gasteiger partial charge in [0.15, 0.2) is 0 Å². The second kappa shape index (κ2) is 7.37. The number of nitrogens with one attached hydrogen (secondary N) is 1. The van der Waals surface area contributed by atoms with Crippen molar-refractivity contribution < 1.29 is 4.79 Å². The Morgan fingerprint density at radius 2 is 1.55 bits per heavy atom. The molecule has 0 radical (unpaired) electrons. The van der Waals surface area contributed by atoms with Gasteiger partial charge in [-0.05, 0) is 30.5 Å². The minimum Gasteiger partial charge on any atom is -0.314 e. The van der Waals surface area contributed by atoms with Crippen LogP contribution in [0.15, 0.2) is 60.7 Å². The van der Waals surface area contributed by atoms with Crippen molar-refractivity contribution in [3.8, 4) is 0 Å². The first-order valence-electron chi connectivity index (χ1n) is 8.20. The van der Waals surface area contributed by atoms with Crippen LogP contribution in [0.5, 0.6) is 0 Å². The molecule has 1 aliphatic heterocycles. The maximum absolute atomic E-state index is 13.0. The molecule has 1 saturated heterocycles. The molecule has 2 aromatic rings. The average molecular weight is 293 g/mol. The average Bonchev–Trinajstić information content (AvgIpc) is 2.58. The fourth-order valence-electron chi connectivity index (χ4n) is 3.31. The Bertz CT molecular complexity index is 548. The number of rotatable bonds is 5. The van der Waals surface area contributed by atoms with E-state index in [1.165, 1.54) is 12.8 Å². The lowest BCUT2D eigenvalue weighted by atomic mass is 9.84. The fraction of sp³-hybridized carbons (Fsp3) is 0.350. The molecule has 22 heavy (non-hydrogen) atoms. The van der Waals surface area contributed by atoms with Crippen LogP contribution in [-0.4, -0.2) is 18.4 Å². The Morgan fingerprint density at radius 3 is 2.05 bits per heavy atom. The highest BCUT2D eigenvalue weighted by atomic mass is 16.1. The van der Waals surface area contributed by atoms with Gasteiger partial charge in [-0.2, -0.15) is 0 Å². The number of hydrogen-bond acceptors (Lipinski definition) is 2. The molecule has 1 fully saturated rings. The van der Waals surface area contributed by atoms with Crippen LogP contribution in [0, 0.1) is 0 Å². The third kappa shape index (κ3) is 3.63. The number of carbonyl (C=O) groups excluding carboxylic acids is 1. The van der Waals surface area contributed by atoms with Gasteiger partial charge in [0, 0.05) is 12.5 Å². The maximum atomic E-state index is 13.0. The third-order valence-corrected chi connectivity index (χ3v) is 4.45. The smallest absolute Gasteiger partial charge is 0.146 e. The Morgan fingerprint density at radius 1 is 0.955 bits per heavy atom. The van der Waals surface area contributed by atoms with Crippen molar-refractivity contribution >= 4 is 5.78 Å². The zero-order valence-corrected chi connectivity index (χ0v) is 12.9. The number of benzene rings is 2. The highest BCUT2D eigenvalue weighted by molar-refractivity contribution is 5.89. The van der Waals surface area contributed by atoms with E-state index >= 15 is 0 Å². The van der Waals surface area contributed by atoms with Crippen LogP contribution >= 0.6 is 0 Å². The molecule has 114 valence electrons. The molecule has 1 N–H and O–H groups in total. The molecule has 0 amide bonds. The van der Waals surface area contributed by atoms with Gasteiger partial charge in [-0.3, -0.25) is 4.79 Å². The normalized spacial score (nSPS) is 18.3. The molecule has 0 saturated carbocycles. The summed E-state index contributed by atoms with van der Waals surface area (Å²) >= 11 is 0. The lowest BCUT2D eigenvalue weighted by molar-refractivity contribution is -0.120. The summed E-state index contributed by atoms with van der Waals surface area (Å²) in [5, 5.41) is 3.49. The summed E-state index contributed by atoms with van der Waals surface area (Å²) in [5.74, 6) is 0.169. The van der Waals surface area contributed by atoms with Gasteiger partial charge in [-0.25, -0.2) is 0 Å². The molecular weight excluding hydrogens is 270 g/mol. The van der Waals surface area contributed by atoms with Crippen LogP contribution in [0.2, 0.25) is 0 Å². The van der Waals surface area contributed by atoms with Gasteiger partial charge in [-0.1, -0.05) is 67.1 Å². The fourth-order valence-corrected chi connectivity index (χ4v) is 3.31. The summed E-state index contributed by atoms with van der Waals surface area (Å²) in [7, 11) is 0. The van der Waals surface area contributed by atoms with Crippen molar-refractivity contribution in [3.63, 3.8) is 0 Å². The zero-order chi connectivity index (χ0) is 15.2. The summed E-state index contributed by atoms with van der Waals surface area (Å²) in [6.45, 7) is 1.04. The predicted molar refractivity (Wildman–Crippen MR) is 90.0 cm³/mol. The molecule has 0 aromatic heterocycles. The molecule has 0 aliphatic carbocycles. The van der Waals surface area contributed by atoms with E-state index in [1.54, 1.807) is 0 Å². The van der Waals surface area contributed by atoms with E-state index in [9.17, 15) is 4.79 Å². The number of piperidine rings is 1. The topological polar surface area (TPSA) is 29.1 Å². The van der Waals surface area contributed by atoms with Crippen LogP contribution in [0.25, 0.3) is 0 Å². The maximum Gasteiger partial charge on any atom is 0.146 e. The van der Waals surface area contributed by atoms with E-state index in [0.29, 0.717) is 18.2 Å². The molecule has 1 unspecified atom stereocenters. The number of Topliss-reactive ketones (excluding diaryl/α,β-unsaturated/α-hetero) is 1. The van der Waals surface area contributed by atoms with E-state index in [4.69, 9.17) is 0 Å². The monoisotopic (exact) mass is 293 g/mol. The summed E-state index contributed by atoms with van der Waals surface area (Å²) in [4.78, 5) is 13.0. The first-order chi connectivity index (χ1) is 10.8. The molecule has 1 aliphatic rings. The van der Waals surface area contributed by atoms with Crippen molar-refractivity contribution in [2.75, 3.05) is 6.54 Å². The zero-order valence-electron chi connectivity index (χ0n) is 12.9. The molecule has 2 aromatic carbocycles. The summed E-state index contributed by atoms with van der Waals surface area (Å²) in [5.41, 5.74) is 2.18. The van der Waals surface area contributed by atoms with E-state index in [0.717, 1.165) is 24.1 Å². The lowest BCUT2D eigenvalue weighted by Crippen LogP contribution is -2.36. The largest absolute Gasteiger partial charge is 0.314 e. The Hall–Kier alpha value is -1.93. The SMILES string of the molecule is O=C(CC1CCCCN1)C(c1ccccc1)c1ccccc1. The van der Waals surface area contributed by atoms with Crippen molar-refractivity contribution in [3.05, 3.63) is 71.8 Å². The number of carbonyl (C=O) groups is 1. The molecule has 2 heteroatoms. The molecule has 2 nitrogen and oxygen atoms in total. The van der Waals surface area contributed by atoms with Crippen molar-refractivity contribution in [2.24, 2.45) is 0 Å². The highest BCUT2D eigenvalue weighted by Gasteiger charge is 2.25. The van der Waals surface area contributed by atoms with Crippen LogP contribution < -0.4 is 5.32 Å². The minimum absolute atomic E-state index is 0.147. The Labute approximate surface area is 132 Å². The van der Waals surface area contributed by atoms with Crippen molar-refractivity contribution in [1.29, 1.82) is 0 Å². The van der Waals surface area contributed by atoms with Crippen LogP contribution in [0.4, 0.5) is 0 Å². The second-order valence-corrected chi connectivity index (χ2v) is 6.07. The summed E-state index contributed by atoms with van der Waals surface area (Å²) < 4.78 is 0. The first-order valence-corrected chi connectivity index (χ1v) is 8.20. The molecule has 0 bridgehead atoms. The van der Waals surface area contributed by atoms with Crippen LogP contribution in [0.3, 0.4) is 0 Å². The van der Waals surface area contributed by atoms with Gasteiger partial charge in [0.05, 0.1) is 5.92 Å². The highest BCUT2D eigenvalue weighted by Crippen LogP contribution is 2.28. The van der Waals surface area contributed by atoms with Gasteiger partial charge in [0.25, 0.3) is 0 Å². The van der Waals surface area contributed by atoms with E-state index in [2.05, 4.69) is 29.6 Å². The molecule has 0 spiro atoms. The van der Waals surface area contributed by atoms with E-state index in [1.807, 2.05) is 36.4 Å². The lowest BCUT2D eigenvalue weighted by Gasteiger charge is -2.25. The van der Waals surface area contributed by atoms with Gasteiger partial charge in [-0.15, -0.1) is 0 Å². The van der Waals surface area contributed by atoms with Crippen molar-refractivity contribution in [2.45, 2.75) is 37.6 Å². The standard InChI is InChI=1S/C20H23NO/c22-19(15-18-13-7-8-14-21-18)20(16-9-3-1-4-10-16)17-11-5-2-6-12-17/h1-6,9-12,18,20-21H,7-8,13-15H2. The van der Waals surface area contributed by atoms with Gasteiger partial charge in [0.2, 0.25) is 0 Å². The number of ketones is 1. The van der Waals surface area contributed by atoms with Gasteiger partial charge >= 0.3 is 0 Å². The second-order valence-electron chi connectivity index (χ2n) is 6.07. The predicted octanol–water partition coefficient (Wildman–Crippen LogP) is 3.92. The summed E-state index contributed by atoms with van der Waals surface area (Å²) in [6, 6.07) is 20.6. The molecule has 1 heterocycles. The first kappa shape index (κ1) is 15.0. The third-order valence-electron chi connectivity index (χ3n) is 4.45. The summed E-state index contributed by atoms with van der Waals surface area (Å²) in [6.07, 6.45) is 4.19. The molecule has 3 rings (SSSR count). The van der Waals surface area contributed by atoms with Gasteiger partial charge < -0.3 is 5.32 Å². The Kier molecular flexibility index (Phi) is 5.02. The van der Waals surface area contributed by atoms with Crippen LogP contribution in [-0.2, 0) is 4.79 Å². The minimum atomic E-state index is -0.147. The van der Waals surface area contributed by atoms with Crippen LogP contribution in [0.1, 0.15) is 42.7 Å². The quantitative estimate of drug-likeness (QED) is 0.905. The van der Waals surface area contributed by atoms with E-state index in [-0.39, 0.29) is 5.92 Å². The number of hydrogen-bond donors (Lipinski definition) is 1. The molecule has 1 atom stereocenters. The van der Waals surface area contributed by atoms with Crippen molar-refractivity contribution in [1.82, 2.24) is 5.32 Å².